The third kappa shape index (κ3) is 3.15. The molecule has 104 valence electrons. The Labute approximate surface area is 124 Å². The number of aliphatic hydroxyl groups excluding tert-OH is 1. The van der Waals surface area contributed by atoms with Crippen molar-refractivity contribution in [1.29, 1.82) is 0 Å². The Bertz CT molecular complexity index is 658. The van der Waals surface area contributed by atoms with E-state index in [1.165, 1.54) is 6.07 Å². The molecule has 0 aromatic heterocycles. The van der Waals surface area contributed by atoms with E-state index in [-0.39, 0.29) is 12.3 Å². The van der Waals surface area contributed by atoms with E-state index in [0.29, 0.717) is 21.5 Å². The number of benzene rings is 2. The van der Waals surface area contributed by atoms with Crippen LogP contribution in [-0.4, -0.2) is 10.0 Å². The first-order valence-electron chi connectivity index (χ1n) is 5.83. The molecule has 2 aromatic rings. The molecular formula is C14H12BrNO4. The molecule has 0 atom stereocenters. The van der Waals surface area contributed by atoms with Gasteiger partial charge in [0.15, 0.2) is 0 Å². The molecular weight excluding hydrogens is 326 g/mol. The van der Waals surface area contributed by atoms with Crippen LogP contribution in [-0.2, 0) is 6.61 Å². The van der Waals surface area contributed by atoms with Crippen LogP contribution >= 0.6 is 15.9 Å². The summed E-state index contributed by atoms with van der Waals surface area (Å²) in [7, 11) is 0. The molecule has 0 saturated heterocycles. The van der Waals surface area contributed by atoms with Gasteiger partial charge in [-0.05, 0) is 52.7 Å². The zero-order valence-corrected chi connectivity index (χ0v) is 12.3. The summed E-state index contributed by atoms with van der Waals surface area (Å²) in [5, 5.41) is 19.8. The van der Waals surface area contributed by atoms with Crippen LogP contribution in [0.3, 0.4) is 0 Å². The van der Waals surface area contributed by atoms with Gasteiger partial charge in [0.25, 0.3) is 5.69 Å². The fourth-order valence-electron chi connectivity index (χ4n) is 1.75. The number of nitrogens with zero attached hydrogens (tertiary/aromatic N) is 1. The third-order valence-electron chi connectivity index (χ3n) is 2.77. The number of nitro groups is 1. The van der Waals surface area contributed by atoms with Crippen LogP contribution in [0.4, 0.5) is 5.69 Å². The first-order valence-corrected chi connectivity index (χ1v) is 6.62. The highest BCUT2D eigenvalue weighted by Gasteiger charge is 2.11. The standard InChI is InChI=1S/C14H12BrNO4/c1-9-6-11(3-4-13(9)16(18)19)20-14-5-2-10(8-17)7-12(14)15/h2-7,17H,8H2,1H3. The Morgan fingerprint density at radius 3 is 2.60 bits per heavy atom. The highest BCUT2D eigenvalue weighted by atomic mass is 79.9. The van der Waals surface area contributed by atoms with Crippen molar-refractivity contribution in [3.8, 4) is 11.5 Å². The summed E-state index contributed by atoms with van der Waals surface area (Å²) < 4.78 is 6.38. The second-order valence-electron chi connectivity index (χ2n) is 4.23. The maximum absolute atomic E-state index is 10.7. The van der Waals surface area contributed by atoms with Crippen LogP contribution in [0.2, 0.25) is 0 Å². The van der Waals surface area contributed by atoms with Crippen LogP contribution in [0.1, 0.15) is 11.1 Å². The summed E-state index contributed by atoms with van der Waals surface area (Å²) in [5.41, 5.74) is 1.37. The normalized spacial score (nSPS) is 10.3. The number of halogens is 1. The largest absolute Gasteiger partial charge is 0.456 e. The van der Waals surface area contributed by atoms with Gasteiger partial charge < -0.3 is 9.84 Å². The molecule has 0 radical (unpaired) electrons. The molecule has 6 heteroatoms. The zero-order chi connectivity index (χ0) is 14.7. The molecule has 0 saturated carbocycles. The molecule has 0 spiro atoms. The lowest BCUT2D eigenvalue weighted by Gasteiger charge is -2.09. The van der Waals surface area contributed by atoms with E-state index in [0.717, 1.165) is 5.56 Å². The van der Waals surface area contributed by atoms with Crippen molar-refractivity contribution in [1.82, 2.24) is 0 Å². The molecule has 2 rings (SSSR count). The van der Waals surface area contributed by atoms with E-state index in [4.69, 9.17) is 9.84 Å². The second-order valence-corrected chi connectivity index (χ2v) is 5.08. The first kappa shape index (κ1) is 14.5. The lowest BCUT2D eigenvalue weighted by molar-refractivity contribution is -0.385. The predicted molar refractivity (Wildman–Crippen MR) is 78.0 cm³/mol. The topological polar surface area (TPSA) is 72.6 Å². The number of ether oxygens (including phenoxy) is 1. The third-order valence-corrected chi connectivity index (χ3v) is 3.39. The number of aryl methyl sites for hydroxylation is 1. The minimum atomic E-state index is -0.426. The van der Waals surface area contributed by atoms with Gasteiger partial charge >= 0.3 is 0 Å². The zero-order valence-electron chi connectivity index (χ0n) is 10.7. The molecule has 0 fully saturated rings. The van der Waals surface area contributed by atoms with Gasteiger partial charge in [-0.1, -0.05) is 6.07 Å². The van der Waals surface area contributed by atoms with Crippen molar-refractivity contribution in [2.75, 3.05) is 0 Å². The van der Waals surface area contributed by atoms with E-state index >= 15 is 0 Å². The van der Waals surface area contributed by atoms with Crippen LogP contribution < -0.4 is 4.74 Å². The Hall–Kier alpha value is -1.92. The van der Waals surface area contributed by atoms with Crippen LogP contribution in [0, 0.1) is 17.0 Å². The lowest BCUT2D eigenvalue weighted by Crippen LogP contribution is -1.93. The van der Waals surface area contributed by atoms with E-state index in [2.05, 4.69) is 15.9 Å². The fourth-order valence-corrected chi connectivity index (χ4v) is 2.26. The smallest absolute Gasteiger partial charge is 0.272 e. The Balaban J connectivity index is 2.26. The molecule has 0 bridgehead atoms. The summed E-state index contributed by atoms with van der Waals surface area (Å²) in [5.74, 6) is 1.10. The second kappa shape index (κ2) is 6.02. The molecule has 20 heavy (non-hydrogen) atoms. The molecule has 2 aromatic carbocycles. The summed E-state index contributed by atoms with van der Waals surface area (Å²) in [6.07, 6.45) is 0. The maximum Gasteiger partial charge on any atom is 0.272 e. The van der Waals surface area contributed by atoms with Crippen LogP contribution in [0.5, 0.6) is 11.5 Å². The number of hydrogen-bond donors (Lipinski definition) is 1. The molecule has 5 nitrogen and oxygen atoms in total. The van der Waals surface area contributed by atoms with E-state index in [9.17, 15) is 10.1 Å². The van der Waals surface area contributed by atoms with Gasteiger partial charge in [0, 0.05) is 11.6 Å². The molecule has 0 aliphatic rings. The van der Waals surface area contributed by atoms with Crippen LogP contribution in [0.15, 0.2) is 40.9 Å². The van der Waals surface area contributed by atoms with Gasteiger partial charge in [-0.3, -0.25) is 10.1 Å². The van der Waals surface area contributed by atoms with Crippen molar-refractivity contribution in [2.24, 2.45) is 0 Å². The molecule has 0 amide bonds. The van der Waals surface area contributed by atoms with E-state index in [1.807, 2.05) is 0 Å². The Kier molecular flexibility index (Phi) is 4.36. The van der Waals surface area contributed by atoms with Crippen molar-refractivity contribution in [2.45, 2.75) is 13.5 Å². The van der Waals surface area contributed by atoms with Gasteiger partial charge in [0.05, 0.1) is 16.0 Å². The van der Waals surface area contributed by atoms with Gasteiger partial charge in [-0.2, -0.15) is 0 Å². The molecule has 0 aliphatic carbocycles. The van der Waals surface area contributed by atoms with Gasteiger partial charge in [0.2, 0.25) is 0 Å². The molecule has 0 aliphatic heterocycles. The molecule has 1 N–H and O–H groups in total. The quantitative estimate of drug-likeness (QED) is 0.677. The number of aliphatic hydroxyl groups is 1. The summed E-state index contributed by atoms with van der Waals surface area (Å²) in [6, 6.07) is 9.82. The highest BCUT2D eigenvalue weighted by molar-refractivity contribution is 9.10. The molecule has 0 unspecified atom stereocenters. The Morgan fingerprint density at radius 2 is 2.05 bits per heavy atom. The minimum absolute atomic E-state index is 0.0461. The predicted octanol–water partition coefficient (Wildman–Crippen LogP) is 3.95. The summed E-state index contributed by atoms with van der Waals surface area (Å²) >= 11 is 3.36. The van der Waals surface area contributed by atoms with Crippen LogP contribution in [0.25, 0.3) is 0 Å². The average Bonchev–Trinajstić information content (AvgIpc) is 2.40. The number of hydrogen-bond acceptors (Lipinski definition) is 4. The van der Waals surface area contributed by atoms with Crippen molar-refractivity contribution < 1.29 is 14.8 Å². The summed E-state index contributed by atoms with van der Waals surface area (Å²) in [6.45, 7) is 1.62. The van der Waals surface area contributed by atoms with Gasteiger partial charge in [0.1, 0.15) is 11.5 Å². The van der Waals surface area contributed by atoms with Crippen molar-refractivity contribution in [3.63, 3.8) is 0 Å². The van der Waals surface area contributed by atoms with Gasteiger partial charge in [-0.25, -0.2) is 0 Å². The fraction of sp³-hybridized carbons (Fsp3) is 0.143. The first-order chi connectivity index (χ1) is 9.51. The maximum atomic E-state index is 10.7. The highest BCUT2D eigenvalue weighted by Crippen LogP contribution is 2.32. The van der Waals surface area contributed by atoms with E-state index in [1.54, 1.807) is 37.3 Å². The monoisotopic (exact) mass is 337 g/mol. The number of rotatable bonds is 4. The lowest BCUT2D eigenvalue weighted by atomic mass is 10.2. The van der Waals surface area contributed by atoms with Gasteiger partial charge in [-0.15, -0.1) is 0 Å². The molecule has 0 heterocycles. The Morgan fingerprint density at radius 1 is 1.30 bits per heavy atom. The van der Waals surface area contributed by atoms with E-state index < -0.39 is 4.92 Å². The average molecular weight is 338 g/mol. The number of nitro benzene ring substituents is 1. The van der Waals surface area contributed by atoms with Crippen molar-refractivity contribution in [3.05, 3.63) is 62.1 Å². The van der Waals surface area contributed by atoms with Crippen molar-refractivity contribution >= 4 is 21.6 Å². The SMILES string of the molecule is Cc1cc(Oc2ccc(CO)cc2Br)ccc1[N+](=O)[O-]. The minimum Gasteiger partial charge on any atom is -0.456 e. The summed E-state index contributed by atoms with van der Waals surface area (Å²) in [4.78, 5) is 10.3.